The molecule has 3 heterocycles. The Bertz CT molecular complexity index is 1400. The van der Waals surface area contributed by atoms with Crippen LogP contribution < -0.4 is 15.0 Å². The number of carbonyl (C=O) groups excluding carboxylic acids is 1. The maximum Gasteiger partial charge on any atom is 0.248 e. The van der Waals surface area contributed by atoms with Gasteiger partial charge in [0, 0.05) is 43.0 Å². The molecule has 0 aliphatic carbocycles. The molecule has 0 radical (unpaired) electrons. The fourth-order valence-electron chi connectivity index (χ4n) is 4.81. The summed E-state index contributed by atoms with van der Waals surface area (Å²) < 4.78 is 26.0. The summed E-state index contributed by atoms with van der Waals surface area (Å²) in [5.41, 5.74) is 2.54. The fourth-order valence-corrected chi connectivity index (χ4v) is 4.81. The van der Waals surface area contributed by atoms with Crippen molar-refractivity contribution in [3.63, 3.8) is 0 Å². The van der Waals surface area contributed by atoms with E-state index in [-0.39, 0.29) is 51.0 Å². The minimum absolute atomic E-state index is 0. The number of nitrogens with one attached hydrogen (secondary N) is 1. The third-order valence-electron chi connectivity index (χ3n) is 7.01. The Morgan fingerprint density at radius 2 is 1.98 bits per heavy atom. The highest BCUT2D eigenvalue weighted by Crippen LogP contribution is 2.29. The van der Waals surface area contributed by atoms with E-state index >= 15 is 0 Å². The van der Waals surface area contributed by atoms with Crippen LogP contribution in [-0.2, 0) is 9.53 Å². The number of benzene rings is 2. The number of likely N-dealkylation sites (tertiary alicyclic amines) is 1. The first-order valence-electron chi connectivity index (χ1n) is 13.2. The maximum atomic E-state index is 14.7. The van der Waals surface area contributed by atoms with Crippen molar-refractivity contribution in [3.8, 4) is 23.2 Å². The van der Waals surface area contributed by atoms with Gasteiger partial charge in [-0.2, -0.15) is 10.2 Å². The van der Waals surface area contributed by atoms with E-state index in [9.17, 15) is 19.6 Å². The Morgan fingerprint density at radius 3 is 2.69 bits per heavy atom. The van der Waals surface area contributed by atoms with Gasteiger partial charge in [0.05, 0.1) is 31.4 Å². The average molecular weight is 580 g/mol. The Balaban J connectivity index is 0.00000405. The molecule has 2 aliphatic rings. The zero-order valence-electron chi connectivity index (χ0n) is 22.2. The summed E-state index contributed by atoms with van der Waals surface area (Å²) in [5.74, 6) is 0.354. The van der Waals surface area contributed by atoms with Crippen LogP contribution in [0.15, 0.2) is 48.8 Å². The summed E-state index contributed by atoms with van der Waals surface area (Å²) in [7, 11) is 0. The molecule has 1 amide bonds. The van der Waals surface area contributed by atoms with E-state index in [0.29, 0.717) is 30.5 Å². The molecule has 5 rings (SSSR count). The van der Waals surface area contributed by atoms with Crippen molar-refractivity contribution in [2.45, 2.75) is 32.2 Å². The van der Waals surface area contributed by atoms with E-state index in [2.05, 4.69) is 31.2 Å². The molecule has 2 aromatic carbocycles. The second kappa shape index (κ2) is 14.0. The van der Waals surface area contributed by atoms with E-state index in [1.165, 1.54) is 11.2 Å². The number of hydrogen-bond acceptors (Lipinski definition) is 11. The number of piperidine rings is 1. The van der Waals surface area contributed by atoms with Crippen LogP contribution in [0, 0.1) is 11.3 Å². The monoisotopic (exact) mass is 579 g/mol. The van der Waals surface area contributed by atoms with Gasteiger partial charge in [-0.1, -0.05) is 7.43 Å². The van der Waals surface area contributed by atoms with Crippen LogP contribution in [-0.4, -0.2) is 100 Å². The summed E-state index contributed by atoms with van der Waals surface area (Å²) in [5, 5.41) is 31.3. The molecular formula is C29H34FN7O5. The van der Waals surface area contributed by atoms with Crippen molar-refractivity contribution in [2.75, 3.05) is 56.2 Å². The van der Waals surface area contributed by atoms with E-state index in [1.807, 2.05) is 24.3 Å². The molecule has 2 fully saturated rings. The van der Waals surface area contributed by atoms with Crippen molar-refractivity contribution in [1.82, 2.24) is 19.9 Å². The van der Waals surface area contributed by atoms with Gasteiger partial charge in [-0.05, 0) is 42.5 Å². The number of amides is 1. The number of ether oxygens (including phenoxy) is 2. The van der Waals surface area contributed by atoms with Crippen LogP contribution in [0.5, 0.6) is 5.75 Å². The van der Waals surface area contributed by atoms with Gasteiger partial charge in [-0.15, -0.1) is 0 Å². The number of aromatic nitrogens is 3. The zero-order chi connectivity index (χ0) is 28.8. The van der Waals surface area contributed by atoms with Crippen LogP contribution in [0.2, 0.25) is 0 Å². The molecule has 0 bridgehead atoms. The number of carbonyl (C=O) groups is 1. The lowest BCUT2D eigenvalue weighted by Crippen LogP contribution is -2.50. The number of nitrogens with zero attached hydrogens (tertiary/aromatic N) is 6. The Labute approximate surface area is 243 Å². The molecule has 42 heavy (non-hydrogen) atoms. The predicted molar refractivity (Wildman–Crippen MR) is 153 cm³/mol. The third kappa shape index (κ3) is 7.09. The highest BCUT2D eigenvalue weighted by atomic mass is 19.1. The third-order valence-corrected chi connectivity index (χ3v) is 7.01. The second-order valence-corrected chi connectivity index (χ2v) is 9.71. The van der Waals surface area contributed by atoms with Crippen LogP contribution in [0.3, 0.4) is 0 Å². The number of aliphatic hydroxyl groups is 2. The van der Waals surface area contributed by atoms with Crippen LogP contribution >= 0.6 is 0 Å². The minimum atomic E-state index is -1.46. The molecule has 0 unspecified atom stereocenters. The first-order chi connectivity index (χ1) is 20.0. The topological polar surface area (TPSA) is 157 Å². The summed E-state index contributed by atoms with van der Waals surface area (Å²) in [4.78, 5) is 28.0. The molecule has 3 aromatic rings. The van der Waals surface area contributed by atoms with Gasteiger partial charge in [-0.25, -0.2) is 14.4 Å². The van der Waals surface area contributed by atoms with Gasteiger partial charge in [0.1, 0.15) is 30.9 Å². The molecule has 0 spiro atoms. The lowest BCUT2D eigenvalue weighted by molar-refractivity contribution is -0.138. The Kier molecular flexibility index (Phi) is 10.2. The number of aliphatic hydroxyl groups excluding tert-OH is 2. The average Bonchev–Trinajstić information content (AvgIpc) is 3.02. The van der Waals surface area contributed by atoms with Gasteiger partial charge < -0.3 is 34.8 Å². The first-order valence-corrected chi connectivity index (χ1v) is 13.2. The largest absolute Gasteiger partial charge is 0.486 e. The van der Waals surface area contributed by atoms with Crippen molar-refractivity contribution in [1.29, 1.82) is 5.26 Å². The first kappa shape index (κ1) is 30.6. The number of nitriles is 1. The summed E-state index contributed by atoms with van der Waals surface area (Å²) in [6.45, 7) is 1.32. The Morgan fingerprint density at radius 1 is 1.17 bits per heavy atom. The summed E-state index contributed by atoms with van der Waals surface area (Å²) in [6, 6.07) is 14.7. The predicted octanol–water partition coefficient (Wildman–Crippen LogP) is 2.30. The molecule has 13 heteroatoms. The molecule has 0 saturated carbocycles. The smallest absolute Gasteiger partial charge is 0.248 e. The maximum absolute atomic E-state index is 14.7. The lowest BCUT2D eigenvalue weighted by Gasteiger charge is -2.34. The second-order valence-electron chi connectivity index (χ2n) is 9.71. The highest BCUT2D eigenvalue weighted by Gasteiger charge is 2.33. The minimum Gasteiger partial charge on any atom is -0.486 e. The molecule has 3 atom stereocenters. The van der Waals surface area contributed by atoms with E-state index in [0.717, 1.165) is 17.9 Å². The van der Waals surface area contributed by atoms with Crippen molar-refractivity contribution >= 4 is 23.2 Å². The van der Waals surface area contributed by atoms with Gasteiger partial charge in [0.2, 0.25) is 11.9 Å². The van der Waals surface area contributed by atoms with E-state index in [1.54, 1.807) is 18.2 Å². The molecule has 1 aromatic heterocycles. The summed E-state index contributed by atoms with van der Waals surface area (Å²) >= 11 is 0. The highest BCUT2D eigenvalue weighted by molar-refractivity contribution is 5.77. The molecule has 12 nitrogen and oxygen atoms in total. The molecular weight excluding hydrogens is 545 g/mol. The van der Waals surface area contributed by atoms with Gasteiger partial charge in [0.25, 0.3) is 0 Å². The standard InChI is InChI=1S/C28H30FN7O5.CH4/c29-23-14-36(26(39)16-38)8-7-25(23)41-24-6-1-18(11-19(24)12-30)27-31-17-32-28(34-27)33-20-2-4-21(5-3-20)35-9-10-40-22(13-35)15-37;/h1-6,11,17,22-23,25,37-38H,7-10,13-16H2,(H,31,32,33,34);1H4/t22-,23+,25-;/m0./s1. The van der Waals surface area contributed by atoms with Crippen molar-refractivity contribution < 1.29 is 28.9 Å². The number of alkyl halides is 1. The fraction of sp³-hybridized carbons (Fsp3) is 0.414. The number of morpholine rings is 1. The number of hydrogen-bond donors (Lipinski definition) is 3. The lowest BCUT2D eigenvalue weighted by atomic mass is 10.0. The van der Waals surface area contributed by atoms with E-state index < -0.39 is 24.8 Å². The van der Waals surface area contributed by atoms with Gasteiger partial charge in [0.15, 0.2) is 12.0 Å². The molecule has 2 aliphatic heterocycles. The quantitative estimate of drug-likeness (QED) is 0.360. The molecule has 2 saturated heterocycles. The molecule has 3 N–H and O–H groups in total. The van der Waals surface area contributed by atoms with Crippen LogP contribution in [0.4, 0.5) is 21.7 Å². The van der Waals surface area contributed by atoms with Crippen molar-refractivity contribution in [2.24, 2.45) is 0 Å². The Hall–Kier alpha value is -4.38. The normalized spacial score (nSPS) is 20.3. The number of halogens is 1. The SMILES string of the molecule is C.N#Cc1cc(-c2ncnc(Nc3ccc(N4CCO[C@H](CO)C4)cc3)n2)ccc1O[C@H]1CCN(C(=O)CO)C[C@H]1F. The number of rotatable bonds is 8. The van der Waals surface area contributed by atoms with Crippen molar-refractivity contribution in [3.05, 3.63) is 54.4 Å². The van der Waals surface area contributed by atoms with Crippen LogP contribution in [0.1, 0.15) is 19.4 Å². The zero-order valence-corrected chi connectivity index (χ0v) is 22.2. The van der Waals surface area contributed by atoms with E-state index in [4.69, 9.17) is 14.6 Å². The summed E-state index contributed by atoms with van der Waals surface area (Å²) in [6.07, 6.45) is -0.876. The number of anilines is 3. The molecule has 222 valence electrons. The van der Waals surface area contributed by atoms with Crippen LogP contribution in [0.25, 0.3) is 11.4 Å². The van der Waals surface area contributed by atoms with Gasteiger partial charge >= 0.3 is 0 Å². The van der Waals surface area contributed by atoms with Gasteiger partial charge in [-0.3, -0.25) is 4.79 Å².